The summed E-state index contributed by atoms with van der Waals surface area (Å²) in [6.45, 7) is 1.85. The van der Waals surface area contributed by atoms with Gasteiger partial charge in [0.25, 0.3) is 0 Å². The summed E-state index contributed by atoms with van der Waals surface area (Å²) in [6.07, 6.45) is 0. The maximum atomic E-state index is 8.45. The van der Waals surface area contributed by atoms with Crippen LogP contribution < -0.4 is 0 Å². The van der Waals surface area contributed by atoms with E-state index in [0.717, 1.165) is 5.56 Å². The molecular formula is C8H6Cl3NO. The second kappa shape index (κ2) is 4.18. The minimum atomic E-state index is -0.116. The van der Waals surface area contributed by atoms with Crippen LogP contribution in [0.5, 0.6) is 0 Å². The lowest BCUT2D eigenvalue weighted by molar-refractivity contribution is 0.321. The molecule has 0 bridgehead atoms. The molecule has 0 spiro atoms. The zero-order valence-corrected chi connectivity index (χ0v) is 8.95. The second-order valence-corrected chi connectivity index (χ2v) is 3.67. The minimum Gasteiger partial charge on any atom is -0.410 e. The summed E-state index contributed by atoms with van der Waals surface area (Å²) >= 11 is 17.3. The number of halogens is 3. The molecule has 0 saturated heterocycles. The van der Waals surface area contributed by atoms with Gasteiger partial charge in [-0.1, -0.05) is 40.0 Å². The van der Waals surface area contributed by atoms with Crippen LogP contribution in [-0.4, -0.2) is 10.4 Å². The summed E-state index contributed by atoms with van der Waals surface area (Å²) in [4.78, 5) is 0. The molecule has 1 rings (SSSR count). The highest BCUT2D eigenvalue weighted by Crippen LogP contribution is 2.28. The monoisotopic (exact) mass is 237 g/mol. The van der Waals surface area contributed by atoms with Crippen LogP contribution >= 0.6 is 34.8 Å². The summed E-state index contributed by atoms with van der Waals surface area (Å²) in [5.74, 6) is 0. The molecule has 0 unspecified atom stereocenters. The summed E-state index contributed by atoms with van der Waals surface area (Å²) in [7, 11) is 0. The van der Waals surface area contributed by atoms with Gasteiger partial charge in [-0.25, -0.2) is 0 Å². The van der Waals surface area contributed by atoms with Crippen molar-refractivity contribution in [2.24, 2.45) is 5.16 Å². The normalized spacial score (nSPS) is 11.8. The first-order valence-electron chi connectivity index (χ1n) is 3.40. The van der Waals surface area contributed by atoms with Crippen LogP contribution in [0.3, 0.4) is 0 Å². The van der Waals surface area contributed by atoms with Crippen LogP contribution in [0.1, 0.15) is 11.1 Å². The van der Waals surface area contributed by atoms with Gasteiger partial charge in [-0.2, -0.15) is 0 Å². The third-order valence-electron chi connectivity index (χ3n) is 1.48. The zero-order chi connectivity index (χ0) is 10.0. The molecule has 1 N–H and O–H groups in total. The Labute approximate surface area is 90.7 Å². The van der Waals surface area contributed by atoms with E-state index in [1.54, 1.807) is 12.1 Å². The largest absolute Gasteiger partial charge is 0.410 e. The first-order chi connectivity index (χ1) is 6.06. The Hall–Kier alpha value is -0.440. The Bertz CT molecular complexity index is 339. The smallest absolute Gasteiger partial charge is 0.178 e. The molecule has 5 heteroatoms. The lowest BCUT2D eigenvalue weighted by atomic mass is 10.1. The van der Waals surface area contributed by atoms with Crippen LogP contribution in [0, 0.1) is 6.92 Å². The number of hydrogen-bond donors (Lipinski definition) is 1. The molecule has 13 heavy (non-hydrogen) atoms. The fourth-order valence-electron chi connectivity index (χ4n) is 0.947. The zero-order valence-electron chi connectivity index (χ0n) is 6.68. The van der Waals surface area contributed by atoms with E-state index in [9.17, 15) is 0 Å². The fraction of sp³-hybridized carbons (Fsp3) is 0.125. The predicted octanol–water partition coefficient (Wildman–Crippen LogP) is 3.68. The molecule has 70 valence electrons. The average molecular weight is 239 g/mol. The molecule has 1 aromatic rings. The summed E-state index contributed by atoms with van der Waals surface area (Å²) in [5.41, 5.74) is 1.26. The molecule has 0 fully saturated rings. The molecule has 0 aliphatic heterocycles. The number of rotatable bonds is 1. The van der Waals surface area contributed by atoms with Gasteiger partial charge in [-0.3, -0.25) is 0 Å². The van der Waals surface area contributed by atoms with E-state index >= 15 is 0 Å². The first-order valence-corrected chi connectivity index (χ1v) is 4.53. The molecule has 0 aliphatic carbocycles. The van der Waals surface area contributed by atoms with Crippen molar-refractivity contribution in [3.05, 3.63) is 33.3 Å². The number of nitrogens with zero attached hydrogens (tertiary/aromatic N) is 1. The van der Waals surface area contributed by atoms with Crippen LogP contribution in [-0.2, 0) is 0 Å². The Morgan fingerprint density at radius 2 is 1.77 bits per heavy atom. The van der Waals surface area contributed by atoms with Crippen molar-refractivity contribution in [1.29, 1.82) is 0 Å². The molecule has 0 atom stereocenters. The molecule has 0 heterocycles. The van der Waals surface area contributed by atoms with Crippen molar-refractivity contribution in [1.82, 2.24) is 0 Å². The maximum absolute atomic E-state index is 8.45. The number of aryl methyl sites for hydroxylation is 1. The Balaban J connectivity index is 3.37. The van der Waals surface area contributed by atoms with Crippen molar-refractivity contribution in [2.45, 2.75) is 6.92 Å². The van der Waals surface area contributed by atoms with Gasteiger partial charge < -0.3 is 5.21 Å². The second-order valence-electron chi connectivity index (χ2n) is 2.49. The quantitative estimate of drug-likeness (QED) is 0.452. The van der Waals surface area contributed by atoms with Gasteiger partial charge in [-0.15, -0.1) is 0 Å². The van der Waals surface area contributed by atoms with E-state index in [-0.39, 0.29) is 5.17 Å². The van der Waals surface area contributed by atoms with E-state index in [4.69, 9.17) is 40.0 Å². The van der Waals surface area contributed by atoms with E-state index in [0.29, 0.717) is 15.6 Å². The molecule has 0 saturated carbocycles. The lowest BCUT2D eigenvalue weighted by Gasteiger charge is -2.04. The number of hydrogen-bond acceptors (Lipinski definition) is 2. The van der Waals surface area contributed by atoms with Crippen LogP contribution in [0.4, 0.5) is 0 Å². The lowest BCUT2D eigenvalue weighted by Crippen LogP contribution is -1.94. The van der Waals surface area contributed by atoms with Crippen LogP contribution in [0.25, 0.3) is 0 Å². The van der Waals surface area contributed by atoms with Gasteiger partial charge in [0.1, 0.15) is 0 Å². The minimum absolute atomic E-state index is 0.116. The highest BCUT2D eigenvalue weighted by molar-refractivity contribution is 6.71. The molecular weight excluding hydrogens is 232 g/mol. The van der Waals surface area contributed by atoms with E-state index < -0.39 is 0 Å². The first kappa shape index (κ1) is 10.6. The van der Waals surface area contributed by atoms with Gasteiger partial charge >= 0.3 is 0 Å². The fourth-order valence-corrected chi connectivity index (χ4v) is 2.02. The Morgan fingerprint density at radius 3 is 2.15 bits per heavy atom. The molecule has 2 nitrogen and oxygen atoms in total. The van der Waals surface area contributed by atoms with Crippen molar-refractivity contribution >= 4 is 40.0 Å². The number of benzene rings is 1. The van der Waals surface area contributed by atoms with Gasteiger partial charge in [0, 0.05) is 0 Å². The molecule has 0 amide bonds. The van der Waals surface area contributed by atoms with Gasteiger partial charge in [-0.05, 0) is 24.6 Å². The van der Waals surface area contributed by atoms with Gasteiger partial charge in [0.2, 0.25) is 0 Å². The van der Waals surface area contributed by atoms with Crippen molar-refractivity contribution in [2.75, 3.05) is 0 Å². The van der Waals surface area contributed by atoms with E-state index in [1.165, 1.54) is 0 Å². The number of oxime groups is 1. The van der Waals surface area contributed by atoms with Gasteiger partial charge in [0.15, 0.2) is 5.17 Å². The van der Waals surface area contributed by atoms with Crippen molar-refractivity contribution < 1.29 is 5.21 Å². The molecule has 0 radical (unpaired) electrons. The van der Waals surface area contributed by atoms with Crippen LogP contribution in [0.2, 0.25) is 10.0 Å². The molecule has 1 aromatic carbocycles. The van der Waals surface area contributed by atoms with Crippen LogP contribution in [0.15, 0.2) is 17.3 Å². The average Bonchev–Trinajstić information content (AvgIpc) is 2.02. The van der Waals surface area contributed by atoms with Gasteiger partial charge in [0.05, 0.1) is 15.6 Å². The van der Waals surface area contributed by atoms with E-state index in [1.807, 2.05) is 6.92 Å². The SMILES string of the molecule is Cc1cc(Cl)c(/C(Cl)=N/O)c(Cl)c1. The van der Waals surface area contributed by atoms with Crippen molar-refractivity contribution in [3.8, 4) is 0 Å². The third-order valence-corrected chi connectivity index (χ3v) is 2.34. The third kappa shape index (κ3) is 2.27. The standard InChI is InChI=1S/C8H6Cl3NO/c1-4-2-5(9)7(6(10)3-4)8(11)12-13/h2-3,13H,1H3/b12-8-. The van der Waals surface area contributed by atoms with E-state index in [2.05, 4.69) is 5.16 Å². The highest BCUT2D eigenvalue weighted by atomic mass is 35.5. The summed E-state index contributed by atoms with van der Waals surface area (Å²) in [6, 6.07) is 3.38. The maximum Gasteiger partial charge on any atom is 0.178 e. The topological polar surface area (TPSA) is 32.6 Å². The Kier molecular flexibility index (Phi) is 3.42. The molecule has 0 aromatic heterocycles. The van der Waals surface area contributed by atoms with Crippen molar-refractivity contribution in [3.63, 3.8) is 0 Å². The molecule has 0 aliphatic rings. The highest BCUT2D eigenvalue weighted by Gasteiger charge is 2.11. The summed E-state index contributed by atoms with van der Waals surface area (Å²) in [5, 5.41) is 11.9. The Morgan fingerprint density at radius 1 is 1.31 bits per heavy atom. The predicted molar refractivity (Wildman–Crippen MR) is 55.4 cm³/mol. The summed E-state index contributed by atoms with van der Waals surface area (Å²) < 4.78 is 0.